The molecule has 0 aliphatic carbocycles. The summed E-state index contributed by atoms with van der Waals surface area (Å²) in [6, 6.07) is 8.15. The average Bonchev–Trinajstić information content (AvgIpc) is 2.82. The van der Waals surface area contributed by atoms with Gasteiger partial charge in [-0.3, -0.25) is 0 Å². The van der Waals surface area contributed by atoms with E-state index in [1.165, 1.54) is 0 Å². The molecular formula is C17H27N3O2. The number of aryl methyl sites for hydroxylation is 1. The van der Waals surface area contributed by atoms with Crippen molar-refractivity contribution in [2.24, 2.45) is 13.0 Å². The summed E-state index contributed by atoms with van der Waals surface area (Å²) in [5.74, 6) is 1.45. The Morgan fingerprint density at radius 3 is 2.64 bits per heavy atom. The molecule has 1 aromatic heterocycles. The zero-order valence-corrected chi connectivity index (χ0v) is 13.9. The zero-order chi connectivity index (χ0) is 16.1. The summed E-state index contributed by atoms with van der Waals surface area (Å²) in [6.07, 6.45) is -0.504. The first-order valence-corrected chi connectivity index (χ1v) is 7.89. The number of rotatable bonds is 8. The molecule has 2 rings (SSSR count). The molecule has 2 atom stereocenters. The molecule has 0 radical (unpaired) electrons. The van der Waals surface area contributed by atoms with Crippen molar-refractivity contribution >= 4 is 11.0 Å². The van der Waals surface area contributed by atoms with Gasteiger partial charge in [0.15, 0.2) is 0 Å². The molecule has 0 aliphatic rings. The van der Waals surface area contributed by atoms with Crippen molar-refractivity contribution in [2.75, 3.05) is 19.8 Å². The van der Waals surface area contributed by atoms with Crippen LogP contribution in [0.15, 0.2) is 24.3 Å². The summed E-state index contributed by atoms with van der Waals surface area (Å²) in [5, 5.41) is 13.3. The highest BCUT2D eigenvalue weighted by atomic mass is 16.5. The van der Waals surface area contributed by atoms with Crippen LogP contribution in [0.1, 0.15) is 32.6 Å². The molecule has 2 aromatic rings. The third-order valence-electron chi connectivity index (χ3n) is 3.63. The van der Waals surface area contributed by atoms with E-state index in [1.54, 1.807) is 0 Å². The summed E-state index contributed by atoms with van der Waals surface area (Å²) in [6.45, 7) is 7.78. The second-order valence-electron chi connectivity index (χ2n) is 6.23. The average molecular weight is 305 g/mol. The van der Waals surface area contributed by atoms with Crippen LogP contribution in [0, 0.1) is 5.92 Å². The molecular weight excluding hydrogens is 278 g/mol. The normalized spacial score (nSPS) is 14.6. The largest absolute Gasteiger partial charge is 0.389 e. The lowest BCUT2D eigenvalue weighted by molar-refractivity contribution is 0.0250. The van der Waals surface area contributed by atoms with E-state index in [1.807, 2.05) is 25.2 Å². The number of benzene rings is 1. The number of hydrogen-bond donors (Lipinski definition) is 2. The molecule has 0 fully saturated rings. The first-order chi connectivity index (χ1) is 10.5. The lowest BCUT2D eigenvalue weighted by Crippen LogP contribution is -2.33. The fourth-order valence-corrected chi connectivity index (χ4v) is 2.45. The number of aliphatic hydroxyl groups is 1. The van der Waals surface area contributed by atoms with E-state index in [-0.39, 0.29) is 6.04 Å². The van der Waals surface area contributed by atoms with Gasteiger partial charge in [-0.25, -0.2) is 4.98 Å². The van der Waals surface area contributed by atoms with E-state index in [2.05, 4.69) is 41.7 Å². The Labute approximate surface area is 132 Å². The number of aromatic nitrogens is 2. The van der Waals surface area contributed by atoms with Crippen LogP contribution in [0.5, 0.6) is 0 Å². The van der Waals surface area contributed by atoms with Crippen molar-refractivity contribution in [1.82, 2.24) is 14.9 Å². The molecule has 122 valence electrons. The minimum atomic E-state index is -0.504. The quantitative estimate of drug-likeness (QED) is 0.785. The molecule has 0 bridgehead atoms. The predicted molar refractivity (Wildman–Crippen MR) is 88.8 cm³/mol. The van der Waals surface area contributed by atoms with Gasteiger partial charge in [0.1, 0.15) is 5.82 Å². The van der Waals surface area contributed by atoms with Gasteiger partial charge < -0.3 is 19.7 Å². The summed E-state index contributed by atoms with van der Waals surface area (Å²) < 4.78 is 7.55. The van der Waals surface area contributed by atoms with E-state index in [0.29, 0.717) is 25.7 Å². The molecule has 0 aliphatic heterocycles. The highest BCUT2D eigenvalue weighted by Gasteiger charge is 2.15. The van der Waals surface area contributed by atoms with Gasteiger partial charge in [0, 0.05) is 20.2 Å². The second-order valence-corrected chi connectivity index (χ2v) is 6.23. The zero-order valence-electron chi connectivity index (χ0n) is 13.9. The minimum absolute atomic E-state index is 0.0668. The highest BCUT2D eigenvalue weighted by molar-refractivity contribution is 5.75. The Morgan fingerprint density at radius 2 is 1.95 bits per heavy atom. The molecule has 0 saturated heterocycles. The lowest BCUT2D eigenvalue weighted by Gasteiger charge is -2.17. The maximum Gasteiger partial charge on any atom is 0.126 e. The van der Waals surface area contributed by atoms with Crippen molar-refractivity contribution in [3.63, 3.8) is 0 Å². The molecule has 2 unspecified atom stereocenters. The third-order valence-corrected chi connectivity index (χ3v) is 3.63. The summed E-state index contributed by atoms with van der Waals surface area (Å²) in [4.78, 5) is 4.66. The van der Waals surface area contributed by atoms with Gasteiger partial charge >= 0.3 is 0 Å². The van der Waals surface area contributed by atoms with Crippen LogP contribution >= 0.6 is 0 Å². The van der Waals surface area contributed by atoms with Crippen LogP contribution in [-0.2, 0) is 11.8 Å². The van der Waals surface area contributed by atoms with E-state index >= 15 is 0 Å². The molecule has 22 heavy (non-hydrogen) atoms. The summed E-state index contributed by atoms with van der Waals surface area (Å²) in [5.41, 5.74) is 2.11. The number of aliphatic hydroxyl groups excluding tert-OH is 1. The number of nitrogens with zero attached hydrogens (tertiary/aromatic N) is 2. The van der Waals surface area contributed by atoms with Crippen LogP contribution in [0.4, 0.5) is 0 Å². The van der Waals surface area contributed by atoms with E-state index in [9.17, 15) is 5.11 Å². The Kier molecular flexibility index (Phi) is 5.94. The maximum atomic E-state index is 9.95. The van der Waals surface area contributed by atoms with Crippen molar-refractivity contribution in [2.45, 2.75) is 32.9 Å². The molecule has 5 heteroatoms. The first kappa shape index (κ1) is 16.9. The van der Waals surface area contributed by atoms with Gasteiger partial charge in [-0.15, -0.1) is 0 Å². The topological polar surface area (TPSA) is 59.3 Å². The van der Waals surface area contributed by atoms with E-state index in [0.717, 1.165) is 16.9 Å². The van der Waals surface area contributed by atoms with E-state index < -0.39 is 6.10 Å². The van der Waals surface area contributed by atoms with Crippen LogP contribution in [0.25, 0.3) is 11.0 Å². The second kappa shape index (κ2) is 7.72. The lowest BCUT2D eigenvalue weighted by atomic mass is 10.2. The Morgan fingerprint density at radius 1 is 1.23 bits per heavy atom. The number of nitrogens with one attached hydrogen (secondary N) is 1. The van der Waals surface area contributed by atoms with Crippen LogP contribution in [0.2, 0.25) is 0 Å². The Bertz CT molecular complexity index is 595. The van der Waals surface area contributed by atoms with Crippen molar-refractivity contribution < 1.29 is 9.84 Å². The number of para-hydroxylation sites is 2. The van der Waals surface area contributed by atoms with Gasteiger partial charge in [0.25, 0.3) is 0 Å². The third kappa shape index (κ3) is 4.29. The fourth-order valence-electron chi connectivity index (χ4n) is 2.45. The number of hydrogen-bond acceptors (Lipinski definition) is 4. The Balaban J connectivity index is 1.88. The van der Waals surface area contributed by atoms with Crippen LogP contribution < -0.4 is 5.32 Å². The van der Waals surface area contributed by atoms with Gasteiger partial charge in [0.2, 0.25) is 0 Å². The summed E-state index contributed by atoms with van der Waals surface area (Å²) in [7, 11) is 2.02. The molecule has 1 heterocycles. The van der Waals surface area contributed by atoms with Crippen molar-refractivity contribution in [3.8, 4) is 0 Å². The SMILES string of the molecule is CC(C)COCC(O)CNC(C)c1nc2ccccc2n1C. The predicted octanol–water partition coefficient (Wildman–Crippen LogP) is 2.26. The number of ether oxygens (including phenoxy) is 1. The molecule has 5 nitrogen and oxygen atoms in total. The first-order valence-electron chi connectivity index (χ1n) is 7.89. The van der Waals surface area contributed by atoms with Gasteiger partial charge in [-0.05, 0) is 25.0 Å². The van der Waals surface area contributed by atoms with E-state index in [4.69, 9.17) is 4.74 Å². The molecule has 0 saturated carbocycles. The Hall–Kier alpha value is -1.43. The maximum absolute atomic E-state index is 9.95. The smallest absolute Gasteiger partial charge is 0.126 e. The van der Waals surface area contributed by atoms with Crippen LogP contribution in [0.3, 0.4) is 0 Å². The molecule has 0 amide bonds. The van der Waals surface area contributed by atoms with Gasteiger partial charge in [0.05, 0.1) is 29.8 Å². The monoisotopic (exact) mass is 305 g/mol. The fraction of sp³-hybridized carbons (Fsp3) is 0.588. The number of fused-ring (bicyclic) bond motifs is 1. The van der Waals surface area contributed by atoms with Gasteiger partial charge in [-0.2, -0.15) is 0 Å². The highest BCUT2D eigenvalue weighted by Crippen LogP contribution is 2.18. The summed E-state index contributed by atoms with van der Waals surface area (Å²) >= 11 is 0. The molecule has 1 aromatic carbocycles. The van der Waals surface area contributed by atoms with Gasteiger partial charge in [-0.1, -0.05) is 26.0 Å². The van der Waals surface area contributed by atoms with Crippen molar-refractivity contribution in [3.05, 3.63) is 30.1 Å². The minimum Gasteiger partial charge on any atom is -0.389 e. The standard InChI is InChI=1S/C17H27N3O2/c1-12(2)10-22-11-14(21)9-18-13(3)17-19-15-7-5-6-8-16(15)20(17)4/h5-8,12-14,18,21H,9-11H2,1-4H3. The van der Waals surface area contributed by atoms with Crippen molar-refractivity contribution in [1.29, 1.82) is 0 Å². The molecule has 0 spiro atoms. The number of imidazole rings is 1. The van der Waals surface area contributed by atoms with Crippen LogP contribution in [-0.4, -0.2) is 40.5 Å². The molecule has 2 N–H and O–H groups in total.